The lowest BCUT2D eigenvalue weighted by Gasteiger charge is -2.28. The standard InChI is InChI=1S/C20H26O3/c1-12-8-15-9-13(2)16(21)6-7-19(4,5)11-17-14(3)18(22)20(15,10-12)23-17/h6-9,12,16,21H,10-11H2,1-5H3/b7-6+,13-9-/t12-,16+,20+/m0/s1. The summed E-state index contributed by atoms with van der Waals surface area (Å²) in [7, 11) is 0. The van der Waals surface area contributed by atoms with Crippen LogP contribution in [0.15, 0.2) is 46.8 Å². The maximum Gasteiger partial charge on any atom is 0.210 e. The molecule has 0 saturated carbocycles. The molecule has 0 saturated heterocycles. The summed E-state index contributed by atoms with van der Waals surface area (Å²) in [6.45, 7) is 10.1. The third kappa shape index (κ3) is 2.61. The van der Waals surface area contributed by atoms with Crippen molar-refractivity contribution in [2.75, 3.05) is 0 Å². The molecule has 0 aromatic heterocycles. The Bertz CT molecular complexity index is 675. The fourth-order valence-corrected chi connectivity index (χ4v) is 3.80. The lowest BCUT2D eigenvalue weighted by atomic mass is 9.84. The molecule has 2 heterocycles. The van der Waals surface area contributed by atoms with Crippen LogP contribution in [0.25, 0.3) is 0 Å². The van der Waals surface area contributed by atoms with Gasteiger partial charge < -0.3 is 9.84 Å². The number of aliphatic hydroxyl groups is 1. The number of fused-ring (bicyclic) bond motifs is 1. The molecule has 0 unspecified atom stereocenters. The highest BCUT2D eigenvalue weighted by Gasteiger charge is 2.53. The molecule has 0 radical (unpaired) electrons. The van der Waals surface area contributed by atoms with Gasteiger partial charge in [0.15, 0.2) is 5.60 Å². The smallest absolute Gasteiger partial charge is 0.210 e. The lowest BCUT2D eigenvalue weighted by Crippen LogP contribution is -2.37. The zero-order valence-corrected chi connectivity index (χ0v) is 14.6. The molecule has 2 bridgehead atoms. The number of Topliss-reactive ketones (excluding diaryl/α,β-unsaturated/α-hetero) is 1. The Morgan fingerprint density at radius 2 is 2.00 bits per heavy atom. The summed E-state index contributed by atoms with van der Waals surface area (Å²) in [5.74, 6) is 1.17. The Hall–Kier alpha value is -1.61. The Balaban J connectivity index is 2.15. The molecule has 2 aliphatic heterocycles. The van der Waals surface area contributed by atoms with Crippen LogP contribution in [0.5, 0.6) is 0 Å². The molecule has 124 valence electrons. The molecule has 0 aromatic rings. The van der Waals surface area contributed by atoms with E-state index in [4.69, 9.17) is 4.74 Å². The van der Waals surface area contributed by atoms with Gasteiger partial charge >= 0.3 is 0 Å². The van der Waals surface area contributed by atoms with E-state index in [0.29, 0.717) is 12.8 Å². The van der Waals surface area contributed by atoms with E-state index in [1.807, 2.05) is 32.1 Å². The average molecular weight is 314 g/mol. The quantitative estimate of drug-likeness (QED) is 0.691. The van der Waals surface area contributed by atoms with Crippen LogP contribution < -0.4 is 0 Å². The number of hydrogen-bond donors (Lipinski definition) is 1. The van der Waals surface area contributed by atoms with E-state index in [0.717, 1.165) is 22.5 Å². The third-order valence-electron chi connectivity index (χ3n) is 5.16. The first-order chi connectivity index (χ1) is 10.6. The van der Waals surface area contributed by atoms with Crippen LogP contribution in [-0.4, -0.2) is 22.6 Å². The van der Waals surface area contributed by atoms with Gasteiger partial charge in [0.05, 0.1) is 6.10 Å². The SMILES string of the molecule is CC1=C2CC(C)(C)/C=C/[C@@H](O)/C(C)=C\C3=C[C@H](C)C[C@]3(O2)C1=O. The number of aliphatic hydroxyl groups excluding tert-OH is 1. The van der Waals surface area contributed by atoms with Crippen LogP contribution in [0.3, 0.4) is 0 Å². The minimum Gasteiger partial charge on any atom is -0.478 e. The van der Waals surface area contributed by atoms with Crippen molar-refractivity contribution in [3.05, 3.63) is 46.8 Å². The molecule has 3 aliphatic rings. The lowest BCUT2D eigenvalue weighted by molar-refractivity contribution is -0.127. The molecule has 1 N–H and O–H groups in total. The van der Waals surface area contributed by atoms with E-state index >= 15 is 0 Å². The molecule has 3 heteroatoms. The van der Waals surface area contributed by atoms with Crippen molar-refractivity contribution in [2.45, 2.75) is 59.2 Å². The Morgan fingerprint density at radius 1 is 1.30 bits per heavy atom. The summed E-state index contributed by atoms with van der Waals surface area (Å²) in [6, 6.07) is 0. The predicted molar refractivity (Wildman–Crippen MR) is 90.7 cm³/mol. The first-order valence-electron chi connectivity index (χ1n) is 8.36. The molecular weight excluding hydrogens is 288 g/mol. The first-order valence-corrected chi connectivity index (χ1v) is 8.36. The van der Waals surface area contributed by atoms with Gasteiger partial charge in [0.1, 0.15) is 5.76 Å². The summed E-state index contributed by atoms with van der Waals surface area (Å²) < 4.78 is 6.32. The largest absolute Gasteiger partial charge is 0.478 e. The normalized spacial score (nSPS) is 39.8. The molecular formula is C20H26O3. The molecule has 1 aliphatic carbocycles. The van der Waals surface area contributed by atoms with Gasteiger partial charge in [-0.3, -0.25) is 4.79 Å². The zero-order valence-electron chi connectivity index (χ0n) is 14.6. The van der Waals surface area contributed by atoms with Crippen LogP contribution in [-0.2, 0) is 9.53 Å². The highest BCUT2D eigenvalue weighted by molar-refractivity contribution is 6.07. The number of allylic oxidation sites excluding steroid dienone is 3. The van der Waals surface area contributed by atoms with Crippen molar-refractivity contribution >= 4 is 5.78 Å². The van der Waals surface area contributed by atoms with Crippen LogP contribution >= 0.6 is 0 Å². The van der Waals surface area contributed by atoms with E-state index in [1.165, 1.54) is 0 Å². The summed E-state index contributed by atoms with van der Waals surface area (Å²) in [4.78, 5) is 13.0. The van der Waals surface area contributed by atoms with Crippen LogP contribution in [0.2, 0.25) is 0 Å². The summed E-state index contributed by atoms with van der Waals surface area (Å²) in [5, 5.41) is 10.4. The minimum absolute atomic E-state index is 0.0852. The van der Waals surface area contributed by atoms with Crippen molar-refractivity contribution in [3.63, 3.8) is 0 Å². The fraction of sp³-hybridized carbons (Fsp3) is 0.550. The van der Waals surface area contributed by atoms with E-state index in [9.17, 15) is 9.90 Å². The summed E-state index contributed by atoms with van der Waals surface area (Å²) in [5.41, 5.74) is 1.43. The van der Waals surface area contributed by atoms with E-state index in [2.05, 4.69) is 26.8 Å². The van der Waals surface area contributed by atoms with Gasteiger partial charge in [0.2, 0.25) is 5.78 Å². The van der Waals surface area contributed by atoms with Crippen LogP contribution in [0, 0.1) is 11.3 Å². The van der Waals surface area contributed by atoms with Crippen molar-refractivity contribution < 1.29 is 14.6 Å². The number of hydrogen-bond acceptors (Lipinski definition) is 3. The zero-order chi connectivity index (χ0) is 17.0. The molecule has 0 aromatic carbocycles. The number of carbonyl (C=O) groups excluding carboxylic acids is 1. The van der Waals surface area contributed by atoms with Crippen molar-refractivity contribution in [1.29, 1.82) is 0 Å². The van der Waals surface area contributed by atoms with Gasteiger partial charge in [-0.05, 0) is 36.3 Å². The van der Waals surface area contributed by atoms with Crippen molar-refractivity contribution in [2.24, 2.45) is 11.3 Å². The summed E-state index contributed by atoms with van der Waals surface area (Å²) in [6.07, 6.45) is 8.61. The molecule has 3 rings (SSSR count). The third-order valence-corrected chi connectivity index (χ3v) is 5.16. The number of ether oxygens (including phenoxy) is 1. The van der Waals surface area contributed by atoms with E-state index in [1.54, 1.807) is 0 Å². The maximum absolute atomic E-state index is 13.0. The highest BCUT2D eigenvalue weighted by Crippen LogP contribution is 2.49. The monoisotopic (exact) mass is 314 g/mol. The van der Waals surface area contributed by atoms with E-state index in [-0.39, 0.29) is 17.1 Å². The van der Waals surface area contributed by atoms with Crippen LogP contribution in [0.4, 0.5) is 0 Å². The summed E-state index contributed by atoms with van der Waals surface area (Å²) >= 11 is 0. The minimum atomic E-state index is -0.875. The van der Waals surface area contributed by atoms with Crippen molar-refractivity contribution in [1.82, 2.24) is 0 Å². The second-order valence-corrected chi connectivity index (χ2v) is 7.97. The molecule has 23 heavy (non-hydrogen) atoms. The number of rotatable bonds is 0. The fourth-order valence-electron chi connectivity index (χ4n) is 3.80. The van der Waals surface area contributed by atoms with E-state index < -0.39 is 11.7 Å². The van der Waals surface area contributed by atoms with Gasteiger partial charge in [-0.15, -0.1) is 0 Å². The van der Waals surface area contributed by atoms with Crippen LogP contribution in [0.1, 0.15) is 47.5 Å². The Kier molecular flexibility index (Phi) is 3.68. The Labute approximate surface area is 138 Å². The Morgan fingerprint density at radius 3 is 2.70 bits per heavy atom. The van der Waals surface area contributed by atoms with Gasteiger partial charge in [-0.1, -0.05) is 45.1 Å². The van der Waals surface area contributed by atoms with Gasteiger partial charge in [-0.2, -0.15) is 0 Å². The highest BCUT2D eigenvalue weighted by atomic mass is 16.5. The average Bonchev–Trinajstić information content (AvgIpc) is 2.88. The number of carbonyl (C=O) groups is 1. The van der Waals surface area contributed by atoms with Gasteiger partial charge in [-0.25, -0.2) is 0 Å². The molecule has 0 amide bonds. The first kappa shape index (κ1) is 16.3. The molecule has 0 fully saturated rings. The second kappa shape index (κ2) is 5.20. The second-order valence-electron chi connectivity index (χ2n) is 7.97. The topological polar surface area (TPSA) is 46.5 Å². The molecule has 3 atom stereocenters. The predicted octanol–water partition coefficient (Wildman–Crippen LogP) is 3.86. The van der Waals surface area contributed by atoms with Crippen molar-refractivity contribution in [3.8, 4) is 0 Å². The number of ketones is 1. The molecule has 1 spiro atoms. The van der Waals surface area contributed by atoms with Gasteiger partial charge in [0, 0.05) is 18.4 Å². The van der Waals surface area contributed by atoms with Gasteiger partial charge in [0.25, 0.3) is 0 Å². The molecule has 3 nitrogen and oxygen atoms in total. The maximum atomic E-state index is 13.0.